The monoisotopic (exact) mass is 266 g/mol. The van der Waals surface area contributed by atoms with Crippen LogP contribution >= 0.6 is 0 Å². The van der Waals surface area contributed by atoms with E-state index in [2.05, 4.69) is 15.5 Å². The molecule has 6 heteroatoms. The van der Waals surface area contributed by atoms with Gasteiger partial charge < -0.3 is 15.0 Å². The molecule has 1 fully saturated rings. The average molecular weight is 266 g/mol. The third kappa shape index (κ3) is 3.54. The molecule has 1 aliphatic heterocycles. The highest BCUT2D eigenvalue weighted by atomic mass is 16.5. The summed E-state index contributed by atoms with van der Waals surface area (Å²) in [5, 5.41) is 10.1. The summed E-state index contributed by atoms with van der Waals surface area (Å²) in [6.45, 7) is 4.80. The molecule has 1 atom stereocenters. The van der Waals surface area contributed by atoms with E-state index >= 15 is 0 Å². The minimum Gasteiger partial charge on any atom is -0.383 e. The number of carbonyl (C=O) groups is 1. The number of ether oxygens (including phenoxy) is 1. The lowest BCUT2D eigenvalue weighted by molar-refractivity contribution is 0.0678. The minimum atomic E-state index is 0.0250. The third-order valence-corrected chi connectivity index (χ3v) is 3.52. The van der Waals surface area contributed by atoms with E-state index < -0.39 is 0 Å². The molecule has 19 heavy (non-hydrogen) atoms. The highest BCUT2D eigenvalue weighted by molar-refractivity contribution is 5.95. The van der Waals surface area contributed by atoms with E-state index in [0.717, 1.165) is 25.2 Å². The van der Waals surface area contributed by atoms with E-state index in [1.165, 1.54) is 6.42 Å². The molecule has 106 valence electrons. The fourth-order valence-electron chi connectivity index (χ4n) is 2.39. The van der Waals surface area contributed by atoms with Gasteiger partial charge in [-0.2, -0.15) is 5.10 Å². The molecule has 1 unspecified atom stereocenters. The predicted molar refractivity (Wildman–Crippen MR) is 72.1 cm³/mol. The van der Waals surface area contributed by atoms with Gasteiger partial charge in [-0.25, -0.2) is 0 Å². The zero-order valence-electron chi connectivity index (χ0n) is 11.6. The fraction of sp³-hybridized carbons (Fsp3) is 0.692. The molecule has 1 aromatic rings. The van der Waals surface area contributed by atoms with Crippen molar-refractivity contribution in [2.24, 2.45) is 0 Å². The van der Waals surface area contributed by atoms with E-state index in [0.29, 0.717) is 24.8 Å². The van der Waals surface area contributed by atoms with Gasteiger partial charge in [-0.15, -0.1) is 0 Å². The third-order valence-electron chi connectivity index (χ3n) is 3.52. The Balaban J connectivity index is 2.03. The highest BCUT2D eigenvalue weighted by Crippen LogP contribution is 2.12. The van der Waals surface area contributed by atoms with Crippen LogP contribution in [0.1, 0.15) is 28.9 Å². The van der Waals surface area contributed by atoms with Gasteiger partial charge in [0.2, 0.25) is 0 Å². The number of methoxy groups -OCH3 is 1. The van der Waals surface area contributed by atoms with Gasteiger partial charge in [0.1, 0.15) is 0 Å². The summed E-state index contributed by atoms with van der Waals surface area (Å²) in [4.78, 5) is 14.4. The van der Waals surface area contributed by atoms with Crippen molar-refractivity contribution in [3.05, 3.63) is 17.5 Å². The smallest absolute Gasteiger partial charge is 0.257 e. The van der Waals surface area contributed by atoms with Crippen molar-refractivity contribution in [2.45, 2.75) is 25.8 Å². The second kappa shape index (κ2) is 6.68. The second-order valence-corrected chi connectivity index (χ2v) is 4.95. The Kier molecular flexibility index (Phi) is 4.93. The summed E-state index contributed by atoms with van der Waals surface area (Å²) in [5.74, 6) is 0.0250. The molecule has 1 aromatic heterocycles. The standard InChI is InChI=1S/C13H22N4O2/c1-10-12(8-15-16-10)13(18)17(6-7-19-2)9-11-4-3-5-14-11/h8,11,14H,3-7,9H2,1-2H3,(H,15,16). The van der Waals surface area contributed by atoms with E-state index in [9.17, 15) is 4.79 Å². The molecule has 6 nitrogen and oxygen atoms in total. The molecule has 2 rings (SSSR count). The van der Waals surface area contributed by atoms with Crippen LogP contribution in [0.15, 0.2) is 6.20 Å². The van der Waals surface area contributed by atoms with Gasteiger partial charge >= 0.3 is 0 Å². The van der Waals surface area contributed by atoms with Crippen LogP contribution in [0.4, 0.5) is 0 Å². The molecule has 0 saturated carbocycles. The SMILES string of the molecule is COCCN(CC1CCCN1)C(=O)c1cn[nH]c1C. The van der Waals surface area contributed by atoms with Gasteiger partial charge in [0.25, 0.3) is 5.91 Å². The summed E-state index contributed by atoms with van der Waals surface area (Å²) in [6, 6.07) is 0.396. The first-order valence-electron chi connectivity index (χ1n) is 6.74. The van der Waals surface area contributed by atoms with Gasteiger partial charge in [-0.1, -0.05) is 0 Å². The van der Waals surface area contributed by atoms with E-state index in [1.807, 2.05) is 11.8 Å². The van der Waals surface area contributed by atoms with Gasteiger partial charge in [-0.05, 0) is 26.3 Å². The average Bonchev–Trinajstić information content (AvgIpc) is 3.05. The molecule has 0 aromatic carbocycles. The molecule has 0 radical (unpaired) electrons. The summed E-state index contributed by atoms with van der Waals surface area (Å²) < 4.78 is 5.10. The molecule has 0 bridgehead atoms. The Labute approximate surface area is 113 Å². The Morgan fingerprint density at radius 2 is 2.47 bits per heavy atom. The molecule has 0 aliphatic carbocycles. The zero-order valence-corrected chi connectivity index (χ0v) is 11.6. The van der Waals surface area contributed by atoms with Crippen LogP contribution in [0.5, 0.6) is 0 Å². The van der Waals surface area contributed by atoms with Crippen LogP contribution in [-0.2, 0) is 4.74 Å². The Morgan fingerprint density at radius 3 is 3.05 bits per heavy atom. The second-order valence-electron chi connectivity index (χ2n) is 4.95. The first-order valence-corrected chi connectivity index (χ1v) is 6.74. The Morgan fingerprint density at radius 1 is 1.63 bits per heavy atom. The van der Waals surface area contributed by atoms with Crippen LogP contribution in [-0.4, -0.2) is 60.4 Å². The molecular formula is C13H22N4O2. The summed E-state index contributed by atoms with van der Waals surface area (Å²) in [5.41, 5.74) is 1.46. The van der Waals surface area contributed by atoms with Crippen LogP contribution in [0, 0.1) is 6.92 Å². The summed E-state index contributed by atoms with van der Waals surface area (Å²) in [7, 11) is 1.65. The lowest BCUT2D eigenvalue weighted by atomic mass is 10.2. The number of aromatic amines is 1. The molecule has 1 amide bonds. The number of carbonyl (C=O) groups excluding carboxylic acids is 1. The van der Waals surface area contributed by atoms with Crippen molar-refractivity contribution < 1.29 is 9.53 Å². The van der Waals surface area contributed by atoms with Crippen molar-refractivity contribution in [1.82, 2.24) is 20.4 Å². The Hall–Kier alpha value is -1.40. The molecule has 1 aliphatic rings. The lowest BCUT2D eigenvalue weighted by Crippen LogP contribution is -2.42. The molecule has 1 saturated heterocycles. The number of aromatic nitrogens is 2. The van der Waals surface area contributed by atoms with Crippen LogP contribution < -0.4 is 5.32 Å². The first-order chi connectivity index (χ1) is 9.22. The number of hydrogen-bond donors (Lipinski definition) is 2. The number of aryl methyl sites for hydroxylation is 1. The first kappa shape index (κ1) is 14.0. The van der Waals surface area contributed by atoms with Gasteiger partial charge in [0, 0.05) is 31.9 Å². The number of nitrogens with zero attached hydrogens (tertiary/aromatic N) is 2. The maximum atomic E-state index is 12.5. The van der Waals surface area contributed by atoms with Gasteiger partial charge in [-0.3, -0.25) is 9.89 Å². The Bertz CT molecular complexity index is 413. The largest absolute Gasteiger partial charge is 0.383 e. The predicted octanol–water partition coefficient (Wildman–Crippen LogP) is 0.559. The maximum Gasteiger partial charge on any atom is 0.257 e. The topological polar surface area (TPSA) is 70.2 Å². The van der Waals surface area contributed by atoms with Crippen molar-refractivity contribution >= 4 is 5.91 Å². The number of amides is 1. The summed E-state index contributed by atoms with van der Waals surface area (Å²) in [6.07, 6.45) is 3.91. The van der Waals surface area contributed by atoms with Crippen LogP contribution in [0.2, 0.25) is 0 Å². The van der Waals surface area contributed by atoms with Gasteiger partial charge in [0.05, 0.1) is 18.4 Å². The van der Waals surface area contributed by atoms with Crippen molar-refractivity contribution in [2.75, 3.05) is 33.4 Å². The van der Waals surface area contributed by atoms with Crippen molar-refractivity contribution in [3.8, 4) is 0 Å². The number of hydrogen-bond acceptors (Lipinski definition) is 4. The zero-order chi connectivity index (χ0) is 13.7. The van der Waals surface area contributed by atoms with Gasteiger partial charge in [0.15, 0.2) is 0 Å². The molecule has 2 heterocycles. The molecular weight excluding hydrogens is 244 g/mol. The molecule has 0 spiro atoms. The van der Waals surface area contributed by atoms with E-state index in [-0.39, 0.29) is 5.91 Å². The quantitative estimate of drug-likeness (QED) is 0.789. The lowest BCUT2D eigenvalue weighted by Gasteiger charge is -2.25. The number of H-pyrrole nitrogens is 1. The number of nitrogens with one attached hydrogen (secondary N) is 2. The van der Waals surface area contributed by atoms with Crippen molar-refractivity contribution in [3.63, 3.8) is 0 Å². The number of rotatable bonds is 6. The minimum absolute atomic E-state index is 0.0250. The van der Waals surface area contributed by atoms with E-state index in [1.54, 1.807) is 13.3 Å². The normalized spacial score (nSPS) is 18.7. The molecule has 2 N–H and O–H groups in total. The van der Waals surface area contributed by atoms with Crippen molar-refractivity contribution in [1.29, 1.82) is 0 Å². The van der Waals surface area contributed by atoms with Crippen LogP contribution in [0.25, 0.3) is 0 Å². The van der Waals surface area contributed by atoms with Crippen LogP contribution in [0.3, 0.4) is 0 Å². The summed E-state index contributed by atoms with van der Waals surface area (Å²) >= 11 is 0. The highest BCUT2D eigenvalue weighted by Gasteiger charge is 2.23. The van der Waals surface area contributed by atoms with E-state index in [4.69, 9.17) is 4.74 Å². The maximum absolute atomic E-state index is 12.5. The fourth-order valence-corrected chi connectivity index (χ4v) is 2.39.